The number of hydrogen-bond donors (Lipinski definition) is 0. The van der Waals surface area contributed by atoms with Gasteiger partial charge in [-0.2, -0.15) is 11.1 Å². The Morgan fingerprint density at radius 3 is 2.20 bits per heavy atom. The van der Waals surface area contributed by atoms with Crippen molar-refractivity contribution < 1.29 is 0 Å². The molecule has 0 aliphatic heterocycles. The van der Waals surface area contributed by atoms with Crippen molar-refractivity contribution in [1.29, 1.82) is 0 Å². The minimum Gasteiger partial charge on any atom is -0.174 e. The van der Waals surface area contributed by atoms with Gasteiger partial charge < -0.3 is 0 Å². The summed E-state index contributed by atoms with van der Waals surface area (Å²) in [4.78, 5) is 0. The summed E-state index contributed by atoms with van der Waals surface area (Å²) >= 11 is 5.53. The zero-order valence-electron chi connectivity index (χ0n) is 2.88. The summed E-state index contributed by atoms with van der Waals surface area (Å²) in [5.74, 6) is 0. The molecule has 0 nitrogen and oxygen atoms in total. The predicted octanol–water partition coefficient (Wildman–Crippen LogP) is 0.131. The van der Waals surface area contributed by atoms with Gasteiger partial charge in [0.2, 0.25) is 0 Å². The van der Waals surface area contributed by atoms with E-state index >= 15 is 0 Å². The van der Waals surface area contributed by atoms with Crippen LogP contribution in [0.3, 0.4) is 0 Å². The molecule has 5 heavy (non-hydrogen) atoms. The number of rotatable bonds is 1. The molecule has 0 spiro atoms. The zero-order chi connectivity index (χ0) is 4.28. The van der Waals surface area contributed by atoms with Crippen molar-refractivity contribution in [3.8, 4) is 0 Å². The summed E-state index contributed by atoms with van der Waals surface area (Å²) in [6.07, 6.45) is 0. The highest BCUT2D eigenvalue weighted by Gasteiger charge is 1.89. The molecule has 0 aromatic carbocycles. The normalized spacial score (nSPS) is 9.60. The molecule has 26 valence electrons. The maximum absolute atomic E-state index is 5.53. The fraction of sp³-hybridized carbons (Fsp3) is 1.00. The van der Waals surface area contributed by atoms with Crippen molar-refractivity contribution in [1.82, 2.24) is 0 Å². The van der Waals surface area contributed by atoms with E-state index in [4.69, 9.17) is 11.1 Å². The van der Waals surface area contributed by atoms with Gasteiger partial charge in [0.15, 0.2) is 0 Å². The maximum atomic E-state index is 5.53. The Hall–Kier alpha value is 0.941. The van der Waals surface area contributed by atoms with Crippen LogP contribution in [0, 0.1) is 0 Å². The Balaban J connectivity index is 2.54. The molecule has 0 aliphatic carbocycles. The van der Waals surface area contributed by atoms with Crippen LogP contribution < -0.4 is 0 Å². The second kappa shape index (κ2) is 3.14. The Kier molecular flexibility index (Phi) is 3.73. The van der Waals surface area contributed by atoms with Crippen molar-refractivity contribution in [2.75, 3.05) is 0 Å². The van der Waals surface area contributed by atoms with Crippen molar-refractivity contribution in [2.45, 2.75) is 6.55 Å². The van der Waals surface area contributed by atoms with Gasteiger partial charge >= 0.3 is 0 Å². The van der Waals surface area contributed by atoms with E-state index in [9.17, 15) is 0 Å². The van der Waals surface area contributed by atoms with E-state index in [1.54, 1.807) is 0 Å². The molecule has 0 rings (SSSR count). The third kappa shape index (κ3) is 4.94. The van der Waals surface area contributed by atoms with Gasteiger partial charge in [0.25, 0.3) is 0 Å². The van der Waals surface area contributed by atoms with Crippen LogP contribution in [0.5, 0.6) is 0 Å². The van der Waals surface area contributed by atoms with E-state index in [1.807, 2.05) is 0 Å². The molecule has 0 amide bonds. The lowest BCUT2D eigenvalue weighted by atomic mass is 11.9. The number of hydrogen-bond acceptors (Lipinski definition) is 0. The molecule has 0 saturated heterocycles. The van der Waals surface area contributed by atoms with Crippen molar-refractivity contribution in [3.05, 3.63) is 0 Å². The van der Waals surface area contributed by atoms with Gasteiger partial charge in [-0.1, -0.05) is 6.55 Å². The largest absolute Gasteiger partial charge is 0.174 e. The van der Waals surface area contributed by atoms with Crippen molar-refractivity contribution in [2.24, 2.45) is 0 Å². The molecule has 0 N–H and O–H groups in total. The molecular formula is CH3ClSi3. The third-order valence-electron chi connectivity index (χ3n) is 0.172. The van der Waals surface area contributed by atoms with Crippen LogP contribution >= 0.6 is 11.1 Å². The van der Waals surface area contributed by atoms with Crippen LogP contribution in [0.25, 0.3) is 0 Å². The zero-order valence-corrected chi connectivity index (χ0v) is 6.63. The summed E-state index contributed by atoms with van der Waals surface area (Å²) in [6, 6.07) is 0. The standard InChI is InChI=1S/CH3ClSi3/c1-5(2)4-3/h1H3. The van der Waals surface area contributed by atoms with Crippen LogP contribution in [-0.4, -0.2) is 25.9 Å². The summed E-state index contributed by atoms with van der Waals surface area (Å²) in [7, 11) is 3.62. The van der Waals surface area contributed by atoms with Crippen LogP contribution in [0.4, 0.5) is 0 Å². The van der Waals surface area contributed by atoms with Crippen LogP contribution in [0.2, 0.25) is 6.55 Å². The Morgan fingerprint density at radius 2 is 2.20 bits per heavy atom. The first-order chi connectivity index (χ1) is 2.27. The lowest BCUT2D eigenvalue weighted by molar-refractivity contribution is 2.34. The first-order valence-electron chi connectivity index (χ1n) is 1.19. The first-order valence-corrected chi connectivity index (χ1v) is 7.70. The fourth-order valence-corrected chi connectivity index (χ4v) is 0. The van der Waals surface area contributed by atoms with Gasteiger partial charge in [-0.3, -0.25) is 0 Å². The van der Waals surface area contributed by atoms with E-state index in [0.29, 0.717) is 0 Å². The summed E-state index contributed by atoms with van der Waals surface area (Å²) in [5.41, 5.74) is 0. The Labute approximate surface area is 44.0 Å². The summed E-state index contributed by atoms with van der Waals surface area (Å²) in [5, 5.41) is 0. The van der Waals surface area contributed by atoms with Crippen LogP contribution in [0.1, 0.15) is 0 Å². The second-order valence-electron chi connectivity index (χ2n) is 0.658. The molecule has 0 fully saturated rings. The fourth-order valence-electron chi connectivity index (χ4n) is 0. The van der Waals surface area contributed by atoms with Gasteiger partial charge in [0.05, 0.1) is 0 Å². The van der Waals surface area contributed by atoms with Crippen LogP contribution in [-0.2, 0) is 0 Å². The molecule has 0 bridgehead atoms. The van der Waals surface area contributed by atoms with Gasteiger partial charge in [-0.05, 0) is 0 Å². The van der Waals surface area contributed by atoms with E-state index in [0.717, 1.165) is 8.55 Å². The predicted molar refractivity (Wildman–Crippen MR) is 29.0 cm³/mol. The summed E-state index contributed by atoms with van der Waals surface area (Å²) in [6.45, 7) is 2.05. The van der Waals surface area contributed by atoms with Crippen molar-refractivity contribution in [3.63, 3.8) is 0 Å². The SMILES string of the molecule is C[Si](Cl)[Si][Si]. The highest BCUT2D eigenvalue weighted by molar-refractivity contribution is 7.47. The average molecular weight is 135 g/mol. The van der Waals surface area contributed by atoms with Crippen LogP contribution in [0.15, 0.2) is 0 Å². The second-order valence-corrected chi connectivity index (χ2v) is 9.88. The minimum absolute atomic E-state index is 0.460. The average Bonchev–Trinajstić information content (AvgIpc) is 1.38. The molecule has 0 heterocycles. The lowest BCUT2D eigenvalue weighted by Crippen LogP contribution is -2.08. The maximum Gasteiger partial charge on any atom is 0.141 e. The molecule has 0 aromatic heterocycles. The molecular weight excluding hydrogens is 132 g/mol. The highest BCUT2D eigenvalue weighted by atomic mass is 35.6. The van der Waals surface area contributed by atoms with Gasteiger partial charge in [0, 0.05) is 18.3 Å². The van der Waals surface area contributed by atoms with E-state index in [-0.39, 0.29) is 0 Å². The topological polar surface area (TPSA) is 0 Å². The van der Waals surface area contributed by atoms with Gasteiger partial charge in [-0.25, -0.2) is 0 Å². The molecule has 0 aromatic rings. The smallest absolute Gasteiger partial charge is 0.141 e. The monoisotopic (exact) mass is 134 g/mol. The van der Waals surface area contributed by atoms with Gasteiger partial charge in [0.1, 0.15) is 7.62 Å². The third-order valence-corrected chi connectivity index (χ3v) is 7.20. The molecule has 4 heteroatoms. The first kappa shape index (κ1) is 5.94. The number of halogens is 1. The van der Waals surface area contributed by atoms with E-state index in [1.165, 1.54) is 0 Å². The Bertz CT molecular complexity index is 20.9. The molecule has 0 atom stereocenters. The quantitative estimate of drug-likeness (QED) is 0.354. The molecule has 0 aliphatic rings. The van der Waals surface area contributed by atoms with Gasteiger partial charge in [-0.15, -0.1) is 0 Å². The molecule has 0 saturated carbocycles. The lowest BCUT2D eigenvalue weighted by Gasteiger charge is -1.81. The molecule has 6 radical (unpaired) electrons. The van der Waals surface area contributed by atoms with Crippen molar-refractivity contribution >= 4 is 37.0 Å². The molecule has 0 unspecified atom stereocenters. The Morgan fingerprint density at radius 1 is 2.00 bits per heavy atom. The van der Waals surface area contributed by atoms with E-state index in [2.05, 4.69) is 16.3 Å². The van der Waals surface area contributed by atoms with E-state index < -0.39 is 7.62 Å². The minimum atomic E-state index is -0.460. The summed E-state index contributed by atoms with van der Waals surface area (Å²) < 4.78 is 0. The highest BCUT2D eigenvalue weighted by Crippen LogP contribution is 1.78.